The van der Waals surface area contributed by atoms with E-state index in [2.05, 4.69) is 11.1 Å². The maximum absolute atomic E-state index is 13.1. The van der Waals surface area contributed by atoms with Gasteiger partial charge in [-0.2, -0.15) is 0 Å². The van der Waals surface area contributed by atoms with Crippen molar-refractivity contribution in [1.29, 1.82) is 0 Å². The molecule has 0 saturated heterocycles. The van der Waals surface area contributed by atoms with Crippen LogP contribution in [0.3, 0.4) is 0 Å². The summed E-state index contributed by atoms with van der Waals surface area (Å²) in [7, 11) is 0. The van der Waals surface area contributed by atoms with E-state index in [0.29, 0.717) is 29.6 Å². The maximum Gasteiger partial charge on any atom is 0.254 e. The number of fused-ring (bicyclic) bond motifs is 1. The van der Waals surface area contributed by atoms with E-state index >= 15 is 0 Å². The Morgan fingerprint density at radius 2 is 1.86 bits per heavy atom. The lowest BCUT2D eigenvalue weighted by Gasteiger charge is -2.22. The predicted molar refractivity (Wildman–Crippen MR) is 110 cm³/mol. The second-order valence-electron chi connectivity index (χ2n) is 6.74. The van der Waals surface area contributed by atoms with Crippen LogP contribution in [0.2, 0.25) is 5.15 Å². The number of amides is 1. The highest BCUT2D eigenvalue weighted by Gasteiger charge is 2.19. The standard InChI is InChI=1S/C23H19ClN2O2/c1-16-9-10-21-18(12-16)13-19(22(24)25-21)14-26(15-20-8-5-11-28-20)23(27)17-6-3-2-4-7-17/h2-13H,14-15H2,1H3. The summed E-state index contributed by atoms with van der Waals surface area (Å²) < 4.78 is 5.46. The summed E-state index contributed by atoms with van der Waals surface area (Å²) in [5, 5.41) is 1.41. The molecule has 0 saturated carbocycles. The lowest BCUT2D eigenvalue weighted by Crippen LogP contribution is -2.30. The minimum absolute atomic E-state index is 0.0857. The van der Waals surface area contributed by atoms with Gasteiger partial charge in [0.15, 0.2) is 0 Å². The van der Waals surface area contributed by atoms with Crippen LogP contribution in [0.5, 0.6) is 0 Å². The summed E-state index contributed by atoms with van der Waals surface area (Å²) in [6.45, 7) is 2.73. The van der Waals surface area contributed by atoms with E-state index in [9.17, 15) is 4.79 Å². The minimum atomic E-state index is -0.0857. The molecule has 28 heavy (non-hydrogen) atoms. The van der Waals surface area contributed by atoms with Crippen molar-refractivity contribution in [2.24, 2.45) is 0 Å². The number of aryl methyl sites for hydroxylation is 1. The van der Waals surface area contributed by atoms with Crippen molar-refractivity contribution in [3.63, 3.8) is 0 Å². The molecule has 2 aromatic carbocycles. The Bertz CT molecular complexity index is 1110. The summed E-state index contributed by atoms with van der Waals surface area (Å²) in [4.78, 5) is 19.3. The Balaban J connectivity index is 1.69. The van der Waals surface area contributed by atoms with Gasteiger partial charge in [0, 0.05) is 23.1 Å². The number of pyridine rings is 1. The molecule has 0 unspecified atom stereocenters. The molecule has 0 bridgehead atoms. The Kier molecular flexibility index (Phi) is 5.13. The topological polar surface area (TPSA) is 46.3 Å². The van der Waals surface area contributed by atoms with Gasteiger partial charge in [0.1, 0.15) is 10.9 Å². The molecule has 0 fully saturated rings. The molecule has 0 N–H and O–H groups in total. The second-order valence-corrected chi connectivity index (χ2v) is 7.10. The molecule has 0 spiro atoms. The maximum atomic E-state index is 13.1. The number of carbonyl (C=O) groups is 1. The van der Waals surface area contributed by atoms with Crippen molar-refractivity contribution >= 4 is 28.4 Å². The molecule has 1 amide bonds. The average Bonchev–Trinajstić information content (AvgIpc) is 3.21. The Labute approximate surface area is 168 Å². The summed E-state index contributed by atoms with van der Waals surface area (Å²) >= 11 is 6.45. The van der Waals surface area contributed by atoms with Crippen LogP contribution < -0.4 is 0 Å². The highest BCUT2D eigenvalue weighted by molar-refractivity contribution is 6.30. The van der Waals surface area contributed by atoms with Crippen LogP contribution in [0.15, 0.2) is 77.4 Å². The Hall–Kier alpha value is -3.11. The molecule has 4 aromatic rings. The van der Waals surface area contributed by atoms with Gasteiger partial charge < -0.3 is 9.32 Å². The Morgan fingerprint density at radius 1 is 1.04 bits per heavy atom. The van der Waals surface area contributed by atoms with Crippen LogP contribution >= 0.6 is 11.6 Å². The van der Waals surface area contributed by atoms with Crippen LogP contribution in [0.4, 0.5) is 0 Å². The third-order valence-corrected chi connectivity index (χ3v) is 4.92. The van der Waals surface area contributed by atoms with Crippen LogP contribution in [0.1, 0.15) is 27.2 Å². The summed E-state index contributed by atoms with van der Waals surface area (Å²) in [6.07, 6.45) is 1.61. The van der Waals surface area contributed by atoms with Crippen molar-refractivity contribution in [2.45, 2.75) is 20.0 Å². The number of furan rings is 1. The molecule has 4 nitrogen and oxygen atoms in total. The van der Waals surface area contributed by atoms with E-state index in [1.54, 1.807) is 23.3 Å². The predicted octanol–water partition coefficient (Wildman–Crippen LogP) is 5.63. The largest absolute Gasteiger partial charge is 0.467 e. The van der Waals surface area contributed by atoms with Gasteiger partial charge in [0.05, 0.1) is 18.3 Å². The summed E-state index contributed by atoms with van der Waals surface area (Å²) in [5.74, 6) is 0.627. The number of halogens is 1. The highest BCUT2D eigenvalue weighted by atomic mass is 35.5. The van der Waals surface area contributed by atoms with Gasteiger partial charge in [-0.05, 0) is 49.4 Å². The molecule has 0 aliphatic carbocycles. The van der Waals surface area contributed by atoms with Gasteiger partial charge >= 0.3 is 0 Å². The first kappa shape index (κ1) is 18.3. The first-order valence-electron chi connectivity index (χ1n) is 9.02. The number of carbonyl (C=O) groups excluding carboxylic acids is 1. The number of rotatable bonds is 5. The number of hydrogen-bond donors (Lipinski definition) is 0. The average molecular weight is 391 g/mol. The number of hydrogen-bond acceptors (Lipinski definition) is 3. The minimum Gasteiger partial charge on any atom is -0.467 e. The molecule has 2 heterocycles. The zero-order valence-corrected chi connectivity index (χ0v) is 16.2. The fourth-order valence-electron chi connectivity index (χ4n) is 3.19. The van der Waals surface area contributed by atoms with Crippen LogP contribution in [0, 0.1) is 6.92 Å². The quantitative estimate of drug-likeness (QED) is 0.415. The molecule has 0 radical (unpaired) electrons. The highest BCUT2D eigenvalue weighted by Crippen LogP contribution is 2.24. The molecule has 5 heteroatoms. The normalized spacial score (nSPS) is 10.9. The smallest absolute Gasteiger partial charge is 0.254 e. The van der Waals surface area contributed by atoms with Crippen molar-refractivity contribution in [3.05, 3.63) is 101 Å². The van der Waals surface area contributed by atoms with Gasteiger partial charge in [-0.3, -0.25) is 4.79 Å². The van der Waals surface area contributed by atoms with Gasteiger partial charge in [-0.15, -0.1) is 0 Å². The second kappa shape index (κ2) is 7.87. The summed E-state index contributed by atoms with van der Waals surface area (Å²) in [5.41, 5.74) is 3.41. The van der Waals surface area contributed by atoms with Crippen molar-refractivity contribution in [1.82, 2.24) is 9.88 Å². The van der Waals surface area contributed by atoms with Gasteiger partial charge in [-0.25, -0.2) is 4.98 Å². The Morgan fingerprint density at radius 3 is 2.61 bits per heavy atom. The molecule has 4 rings (SSSR count). The molecule has 0 aliphatic heterocycles. The molecular weight excluding hydrogens is 372 g/mol. The number of aromatic nitrogens is 1. The molecule has 2 aromatic heterocycles. The van der Waals surface area contributed by atoms with E-state index < -0.39 is 0 Å². The van der Waals surface area contributed by atoms with Crippen LogP contribution in [-0.2, 0) is 13.1 Å². The monoisotopic (exact) mass is 390 g/mol. The zero-order valence-electron chi connectivity index (χ0n) is 15.4. The SMILES string of the molecule is Cc1ccc2nc(Cl)c(CN(Cc3ccco3)C(=O)c3ccccc3)cc2c1. The van der Waals surface area contributed by atoms with Crippen LogP contribution in [-0.4, -0.2) is 15.8 Å². The molecule has 0 aliphatic rings. The zero-order chi connectivity index (χ0) is 19.5. The van der Waals surface area contributed by atoms with Crippen molar-refractivity contribution in [2.75, 3.05) is 0 Å². The van der Waals surface area contributed by atoms with Gasteiger partial charge in [0.25, 0.3) is 5.91 Å². The number of benzene rings is 2. The molecular formula is C23H19ClN2O2. The fourth-order valence-corrected chi connectivity index (χ4v) is 3.39. The van der Waals surface area contributed by atoms with Crippen molar-refractivity contribution in [3.8, 4) is 0 Å². The van der Waals surface area contributed by atoms with E-state index in [1.165, 1.54) is 0 Å². The van der Waals surface area contributed by atoms with Crippen molar-refractivity contribution < 1.29 is 9.21 Å². The molecule has 0 atom stereocenters. The third-order valence-electron chi connectivity index (χ3n) is 4.59. The first-order chi connectivity index (χ1) is 13.6. The fraction of sp³-hybridized carbons (Fsp3) is 0.130. The summed E-state index contributed by atoms with van der Waals surface area (Å²) in [6, 6.07) is 20.9. The first-order valence-corrected chi connectivity index (χ1v) is 9.40. The van der Waals surface area contributed by atoms with Gasteiger partial charge in [-0.1, -0.05) is 41.4 Å². The van der Waals surface area contributed by atoms with E-state index in [4.69, 9.17) is 16.0 Å². The van der Waals surface area contributed by atoms with Gasteiger partial charge in [0.2, 0.25) is 0 Å². The lowest BCUT2D eigenvalue weighted by atomic mass is 10.1. The number of nitrogens with zero attached hydrogens (tertiary/aromatic N) is 2. The third kappa shape index (κ3) is 3.92. The van der Waals surface area contributed by atoms with Crippen LogP contribution in [0.25, 0.3) is 10.9 Å². The van der Waals surface area contributed by atoms with E-state index in [0.717, 1.165) is 22.0 Å². The lowest BCUT2D eigenvalue weighted by molar-refractivity contribution is 0.0717. The van der Waals surface area contributed by atoms with E-state index in [-0.39, 0.29) is 5.91 Å². The van der Waals surface area contributed by atoms with E-state index in [1.807, 2.05) is 55.5 Å². The molecule has 140 valence electrons.